The lowest BCUT2D eigenvalue weighted by atomic mass is 9.99. The molecule has 1 saturated heterocycles. The molecule has 1 unspecified atom stereocenters. The first kappa shape index (κ1) is 20.7. The van der Waals surface area contributed by atoms with Crippen LogP contribution in [0, 0.1) is 18.7 Å². The topological polar surface area (TPSA) is 45.5 Å². The summed E-state index contributed by atoms with van der Waals surface area (Å²) in [5, 5.41) is 7.72. The van der Waals surface area contributed by atoms with Crippen LogP contribution in [0.4, 0.5) is 4.39 Å². The summed E-state index contributed by atoms with van der Waals surface area (Å²) >= 11 is 0. The third-order valence-corrected chi connectivity index (χ3v) is 4.62. The smallest absolute Gasteiger partial charge is 0.193 e. The van der Waals surface area contributed by atoms with Gasteiger partial charge in [-0.2, -0.15) is 5.10 Å². The molecule has 2 aromatic rings. The fourth-order valence-corrected chi connectivity index (χ4v) is 3.35. The van der Waals surface area contributed by atoms with Crippen molar-refractivity contribution in [1.29, 1.82) is 0 Å². The summed E-state index contributed by atoms with van der Waals surface area (Å²) in [6.07, 6.45) is 6.03. The van der Waals surface area contributed by atoms with Gasteiger partial charge in [0.05, 0.1) is 12.7 Å². The Morgan fingerprint density at radius 1 is 1.35 bits per heavy atom. The molecule has 0 radical (unpaired) electrons. The maximum absolute atomic E-state index is 13.0. The molecule has 7 heteroatoms. The van der Waals surface area contributed by atoms with Crippen LogP contribution in [0.3, 0.4) is 0 Å². The number of aliphatic imine (C=N–C) groups is 1. The summed E-state index contributed by atoms with van der Waals surface area (Å²) in [4.78, 5) is 6.72. The largest absolute Gasteiger partial charge is 0.354 e. The van der Waals surface area contributed by atoms with Gasteiger partial charge in [-0.15, -0.1) is 24.0 Å². The van der Waals surface area contributed by atoms with E-state index in [0.717, 1.165) is 45.0 Å². The van der Waals surface area contributed by atoms with Crippen molar-refractivity contribution in [3.8, 4) is 0 Å². The van der Waals surface area contributed by atoms with Crippen LogP contribution >= 0.6 is 24.0 Å². The molecule has 142 valence electrons. The Morgan fingerprint density at radius 2 is 2.12 bits per heavy atom. The van der Waals surface area contributed by atoms with E-state index in [-0.39, 0.29) is 29.8 Å². The highest BCUT2D eigenvalue weighted by molar-refractivity contribution is 14.0. The van der Waals surface area contributed by atoms with Gasteiger partial charge in [-0.05, 0) is 48.9 Å². The van der Waals surface area contributed by atoms with Gasteiger partial charge in [0.15, 0.2) is 5.96 Å². The van der Waals surface area contributed by atoms with Gasteiger partial charge in [-0.3, -0.25) is 9.67 Å². The maximum Gasteiger partial charge on any atom is 0.193 e. The normalized spacial score (nSPS) is 17.3. The third kappa shape index (κ3) is 5.69. The molecule has 1 aliphatic rings. The first-order valence-electron chi connectivity index (χ1n) is 8.83. The molecule has 1 atom stereocenters. The van der Waals surface area contributed by atoms with Crippen molar-refractivity contribution in [2.24, 2.45) is 10.9 Å². The van der Waals surface area contributed by atoms with E-state index in [0.29, 0.717) is 5.92 Å². The first-order chi connectivity index (χ1) is 12.1. The molecular formula is C19H27FIN5. The van der Waals surface area contributed by atoms with Crippen LogP contribution in [-0.4, -0.2) is 47.3 Å². The van der Waals surface area contributed by atoms with Crippen LogP contribution in [-0.2, 0) is 13.0 Å². The van der Waals surface area contributed by atoms with Crippen LogP contribution in [0.25, 0.3) is 0 Å². The van der Waals surface area contributed by atoms with Crippen LogP contribution < -0.4 is 5.32 Å². The number of likely N-dealkylation sites (tertiary alicyclic amines) is 1. The van der Waals surface area contributed by atoms with Gasteiger partial charge in [0.1, 0.15) is 5.82 Å². The van der Waals surface area contributed by atoms with E-state index in [1.165, 1.54) is 11.1 Å². The molecule has 1 aromatic heterocycles. The van der Waals surface area contributed by atoms with E-state index >= 15 is 0 Å². The zero-order valence-corrected chi connectivity index (χ0v) is 17.7. The van der Waals surface area contributed by atoms with E-state index in [4.69, 9.17) is 0 Å². The fraction of sp³-hybridized carbons (Fsp3) is 0.474. The van der Waals surface area contributed by atoms with E-state index in [9.17, 15) is 4.39 Å². The predicted octanol–water partition coefficient (Wildman–Crippen LogP) is 3.09. The maximum atomic E-state index is 13.0. The number of rotatable bonds is 5. The second-order valence-electron chi connectivity index (χ2n) is 6.69. The Kier molecular flexibility index (Phi) is 7.86. The number of hydrogen-bond acceptors (Lipinski definition) is 2. The average Bonchev–Trinajstić information content (AvgIpc) is 3.23. The second kappa shape index (κ2) is 9.89. The Balaban J connectivity index is 0.00000243. The summed E-state index contributed by atoms with van der Waals surface area (Å²) in [7, 11) is 1.83. The highest BCUT2D eigenvalue weighted by atomic mass is 127. The molecule has 0 bridgehead atoms. The Hall–Kier alpha value is -1.64. The van der Waals surface area contributed by atoms with Crippen LogP contribution in [0.15, 0.2) is 41.7 Å². The van der Waals surface area contributed by atoms with Crippen molar-refractivity contribution in [2.75, 3.05) is 26.7 Å². The van der Waals surface area contributed by atoms with E-state index < -0.39 is 0 Å². The summed E-state index contributed by atoms with van der Waals surface area (Å²) in [5.41, 5.74) is 2.37. The fourth-order valence-electron chi connectivity index (χ4n) is 3.35. The number of aromatic nitrogens is 2. The lowest BCUT2D eigenvalue weighted by Gasteiger charge is -2.21. The molecule has 0 amide bonds. The van der Waals surface area contributed by atoms with Gasteiger partial charge < -0.3 is 10.2 Å². The summed E-state index contributed by atoms with van der Waals surface area (Å²) in [6.45, 7) is 5.65. The summed E-state index contributed by atoms with van der Waals surface area (Å²) < 4.78 is 15.0. The van der Waals surface area contributed by atoms with Gasteiger partial charge in [0, 0.05) is 32.9 Å². The predicted molar refractivity (Wildman–Crippen MR) is 114 cm³/mol. The van der Waals surface area contributed by atoms with Crippen molar-refractivity contribution in [3.63, 3.8) is 0 Å². The zero-order valence-electron chi connectivity index (χ0n) is 15.4. The minimum Gasteiger partial charge on any atom is -0.354 e. The zero-order chi connectivity index (χ0) is 17.6. The van der Waals surface area contributed by atoms with Gasteiger partial charge in [-0.25, -0.2) is 4.39 Å². The van der Waals surface area contributed by atoms with Crippen LogP contribution in [0.2, 0.25) is 0 Å². The molecule has 1 aliphatic heterocycles. The van der Waals surface area contributed by atoms with Gasteiger partial charge in [-0.1, -0.05) is 12.1 Å². The average molecular weight is 471 g/mol. The minimum absolute atomic E-state index is 0. The molecule has 0 spiro atoms. The van der Waals surface area contributed by atoms with Crippen molar-refractivity contribution in [3.05, 3.63) is 53.6 Å². The Morgan fingerprint density at radius 3 is 2.77 bits per heavy atom. The number of benzene rings is 1. The molecule has 1 N–H and O–H groups in total. The number of guanidine groups is 1. The van der Waals surface area contributed by atoms with Gasteiger partial charge in [0.25, 0.3) is 0 Å². The lowest BCUT2D eigenvalue weighted by molar-refractivity contribution is 0.455. The van der Waals surface area contributed by atoms with Crippen molar-refractivity contribution in [1.82, 2.24) is 20.0 Å². The molecule has 1 fully saturated rings. The number of nitrogens with one attached hydrogen (secondary N) is 1. The number of halogens is 2. The SMILES string of the molecule is CN=C(NCCn1cc(C)cn1)N1CCC(Cc2ccc(F)cc2)C1.I. The molecular weight excluding hydrogens is 444 g/mol. The van der Waals surface area contributed by atoms with Gasteiger partial charge >= 0.3 is 0 Å². The van der Waals surface area contributed by atoms with Gasteiger partial charge in [0.2, 0.25) is 0 Å². The minimum atomic E-state index is -0.172. The second-order valence-corrected chi connectivity index (χ2v) is 6.69. The number of aryl methyl sites for hydroxylation is 1. The molecule has 2 heterocycles. The molecule has 3 rings (SSSR count). The quantitative estimate of drug-likeness (QED) is 0.414. The third-order valence-electron chi connectivity index (χ3n) is 4.62. The molecule has 5 nitrogen and oxygen atoms in total. The highest BCUT2D eigenvalue weighted by Gasteiger charge is 2.24. The lowest BCUT2D eigenvalue weighted by Crippen LogP contribution is -2.41. The standard InChI is InChI=1S/C19H26FN5.HI/c1-15-12-23-25(13-15)10-8-22-19(21-2)24-9-7-17(14-24)11-16-3-5-18(20)6-4-16;/h3-6,12-13,17H,7-11,14H2,1-2H3,(H,21,22);1H. The van der Waals surface area contributed by atoms with Crippen molar-refractivity contribution >= 4 is 29.9 Å². The van der Waals surface area contributed by atoms with E-state index in [2.05, 4.69) is 20.3 Å². The summed E-state index contributed by atoms with van der Waals surface area (Å²) in [5.74, 6) is 1.36. The first-order valence-corrected chi connectivity index (χ1v) is 8.83. The Bertz CT molecular complexity index is 713. The molecule has 0 aliphatic carbocycles. The molecule has 0 saturated carbocycles. The highest BCUT2D eigenvalue weighted by Crippen LogP contribution is 2.21. The molecule has 1 aromatic carbocycles. The number of nitrogens with zero attached hydrogens (tertiary/aromatic N) is 4. The van der Waals surface area contributed by atoms with Crippen molar-refractivity contribution < 1.29 is 4.39 Å². The van der Waals surface area contributed by atoms with Crippen LogP contribution in [0.5, 0.6) is 0 Å². The van der Waals surface area contributed by atoms with E-state index in [1.54, 1.807) is 12.1 Å². The Labute approximate surface area is 171 Å². The monoisotopic (exact) mass is 471 g/mol. The molecule has 26 heavy (non-hydrogen) atoms. The van der Waals surface area contributed by atoms with E-state index in [1.807, 2.05) is 43.2 Å². The summed E-state index contributed by atoms with van der Waals surface area (Å²) in [6, 6.07) is 6.85. The number of hydrogen-bond donors (Lipinski definition) is 1. The van der Waals surface area contributed by atoms with Crippen LogP contribution in [0.1, 0.15) is 17.5 Å². The van der Waals surface area contributed by atoms with Crippen molar-refractivity contribution in [2.45, 2.75) is 26.3 Å².